The fourth-order valence-corrected chi connectivity index (χ4v) is 2.41. The number of hydrogen-bond donors (Lipinski definition) is 0. The summed E-state index contributed by atoms with van der Waals surface area (Å²) in [5.41, 5.74) is 2.74. The second-order valence-electron chi connectivity index (χ2n) is 4.61. The zero-order valence-corrected chi connectivity index (χ0v) is 11.3. The Morgan fingerprint density at radius 1 is 1.19 bits per heavy atom. The molecule has 0 bridgehead atoms. The van der Waals surface area contributed by atoms with Crippen molar-refractivity contribution in [3.05, 3.63) is 35.4 Å². The molecule has 16 heavy (non-hydrogen) atoms. The Kier molecular flexibility index (Phi) is 6.56. The van der Waals surface area contributed by atoms with Gasteiger partial charge >= 0.3 is 0 Å². The summed E-state index contributed by atoms with van der Waals surface area (Å²) in [6.07, 6.45) is 6.53. The minimum absolute atomic E-state index is 0.540. The summed E-state index contributed by atoms with van der Waals surface area (Å²) in [5, 5.41) is 0. The van der Waals surface area contributed by atoms with Crippen molar-refractivity contribution in [2.75, 3.05) is 5.88 Å². The zero-order chi connectivity index (χ0) is 11.8. The van der Waals surface area contributed by atoms with Crippen LogP contribution >= 0.6 is 11.6 Å². The Labute approximate surface area is 105 Å². The molecule has 1 rings (SSSR count). The summed E-state index contributed by atoms with van der Waals surface area (Å²) in [6, 6.07) is 8.76. The molecule has 0 amide bonds. The molecule has 0 aliphatic heterocycles. The van der Waals surface area contributed by atoms with Gasteiger partial charge in [0.25, 0.3) is 0 Å². The number of unbranched alkanes of at least 4 members (excludes halogenated alkanes) is 3. The van der Waals surface area contributed by atoms with Gasteiger partial charge < -0.3 is 0 Å². The summed E-state index contributed by atoms with van der Waals surface area (Å²) >= 11 is 6.07. The lowest BCUT2D eigenvalue weighted by Crippen LogP contribution is -2.01. The molecule has 1 aromatic carbocycles. The predicted molar refractivity (Wildman–Crippen MR) is 73.4 cm³/mol. The van der Waals surface area contributed by atoms with Crippen LogP contribution in [-0.4, -0.2) is 5.88 Å². The minimum atomic E-state index is 0.540. The van der Waals surface area contributed by atoms with Crippen molar-refractivity contribution in [1.29, 1.82) is 0 Å². The first-order valence-electron chi connectivity index (χ1n) is 6.40. The standard InChI is InChI=1S/C15H23Cl/c1-3-4-5-6-9-15(12-16)14-10-7-8-13(2)11-14/h7-8,10-11,15H,3-6,9,12H2,1-2H3. The van der Waals surface area contributed by atoms with Crippen LogP contribution in [0.25, 0.3) is 0 Å². The van der Waals surface area contributed by atoms with Crippen LogP contribution in [0, 0.1) is 6.92 Å². The zero-order valence-electron chi connectivity index (χ0n) is 10.5. The highest BCUT2D eigenvalue weighted by atomic mass is 35.5. The first-order valence-corrected chi connectivity index (χ1v) is 6.94. The topological polar surface area (TPSA) is 0 Å². The number of hydrogen-bond acceptors (Lipinski definition) is 0. The van der Waals surface area contributed by atoms with Gasteiger partial charge in [0.2, 0.25) is 0 Å². The molecule has 90 valence electrons. The average molecular weight is 239 g/mol. The average Bonchev–Trinajstić information content (AvgIpc) is 2.29. The van der Waals surface area contributed by atoms with Gasteiger partial charge in [0, 0.05) is 5.88 Å². The molecule has 0 saturated heterocycles. The molecule has 0 N–H and O–H groups in total. The molecule has 0 aliphatic carbocycles. The van der Waals surface area contributed by atoms with Crippen LogP contribution in [0.4, 0.5) is 0 Å². The summed E-state index contributed by atoms with van der Waals surface area (Å²) in [4.78, 5) is 0. The first kappa shape index (κ1) is 13.6. The Hall–Kier alpha value is -0.490. The molecular formula is C15H23Cl. The first-order chi connectivity index (χ1) is 7.77. The molecule has 0 nitrogen and oxygen atoms in total. The second-order valence-corrected chi connectivity index (χ2v) is 4.92. The van der Waals surface area contributed by atoms with Crippen LogP contribution in [0.5, 0.6) is 0 Å². The van der Waals surface area contributed by atoms with Crippen LogP contribution in [-0.2, 0) is 0 Å². The molecule has 1 atom stereocenters. The Balaban J connectivity index is 2.47. The molecule has 1 unspecified atom stereocenters. The van der Waals surface area contributed by atoms with Gasteiger partial charge in [-0.2, -0.15) is 0 Å². The van der Waals surface area contributed by atoms with Gasteiger partial charge in [0.15, 0.2) is 0 Å². The van der Waals surface area contributed by atoms with Gasteiger partial charge in [-0.1, -0.05) is 62.4 Å². The van der Waals surface area contributed by atoms with Crippen LogP contribution in [0.2, 0.25) is 0 Å². The third kappa shape index (κ3) is 4.57. The Morgan fingerprint density at radius 3 is 2.62 bits per heavy atom. The van der Waals surface area contributed by atoms with Crippen molar-refractivity contribution < 1.29 is 0 Å². The van der Waals surface area contributed by atoms with Gasteiger partial charge in [-0.25, -0.2) is 0 Å². The quantitative estimate of drug-likeness (QED) is 0.447. The summed E-state index contributed by atoms with van der Waals surface area (Å²) in [7, 11) is 0. The molecule has 0 aromatic heterocycles. The van der Waals surface area contributed by atoms with Crippen molar-refractivity contribution in [1.82, 2.24) is 0 Å². The van der Waals surface area contributed by atoms with Crippen molar-refractivity contribution in [2.24, 2.45) is 0 Å². The van der Waals surface area contributed by atoms with E-state index in [4.69, 9.17) is 11.6 Å². The van der Waals surface area contributed by atoms with Gasteiger partial charge in [0.05, 0.1) is 0 Å². The van der Waals surface area contributed by atoms with Crippen molar-refractivity contribution in [2.45, 2.75) is 51.9 Å². The van der Waals surface area contributed by atoms with Gasteiger partial charge in [-0.3, -0.25) is 0 Å². The van der Waals surface area contributed by atoms with E-state index in [2.05, 4.69) is 38.1 Å². The third-order valence-corrected chi connectivity index (χ3v) is 3.48. The van der Waals surface area contributed by atoms with E-state index in [0.717, 1.165) is 5.88 Å². The lowest BCUT2D eigenvalue weighted by Gasteiger charge is -2.14. The highest BCUT2D eigenvalue weighted by Crippen LogP contribution is 2.24. The van der Waals surface area contributed by atoms with Crippen LogP contribution < -0.4 is 0 Å². The Bertz CT molecular complexity index is 293. The number of aryl methyl sites for hydroxylation is 1. The maximum Gasteiger partial charge on any atom is 0.0292 e. The monoisotopic (exact) mass is 238 g/mol. The molecule has 0 saturated carbocycles. The van der Waals surface area contributed by atoms with Crippen LogP contribution in [0.15, 0.2) is 24.3 Å². The van der Waals surface area contributed by atoms with Crippen LogP contribution in [0.1, 0.15) is 56.1 Å². The van der Waals surface area contributed by atoms with E-state index in [1.165, 1.54) is 43.2 Å². The smallest absolute Gasteiger partial charge is 0.0292 e. The lowest BCUT2D eigenvalue weighted by molar-refractivity contribution is 0.582. The third-order valence-electron chi connectivity index (χ3n) is 3.11. The number of halogens is 1. The normalized spacial score (nSPS) is 12.7. The predicted octanol–water partition coefficient (Wildman–Crippen LogP) is 5.29. The van der Waals surface area contributed by atoms with E-state index in [9.17, 15) is 0 Å². The molecule has 0 spiro atoms. The number of rotatable bonds is 7. The van der Waals surface area contributed by atoms with E-state index < -0.39 is 0 Å². The maximum atomic E-state index is 6.07. The Morgan fingerprint density at radius 2 is 2.00 bits per heavy atom. The molecule has 1 heteroatoms. The minimum Gasteiger partial charge on any atom is -0.126 e. The molecule has 0 fully saturated rings. The molecule has 1 aromatic rings. The van der Waals surface area contributed by atoms with Gasteiger partial charge in [0.1, 0.15) is 0 Å². The molecule has 0 aliphatic rings. The molecule has 0 heterocycles. The number of benzene rings is 1. The van der Waals surface area contributed by atoms with E-state index >= 15 is 0 Å². The summed E-state index contributed by atoms with van der Waals surface area (Å²) < 4.78 is 0. The van der Waals surface area contributed by atoms with Crippen molar-refractivity contribution in [3.63, 3.8) is 0 Å². The fourth-order valence-electron chi connectivity index (χ4n) is 2.07. The van der Waals surface area contributed by atoms with Gasteiger partial charge in [-0.15, -0.1) is 11.6 Å². The van der Waals surface area contributed by atoms with E-state index in [1.807, 2.05) is 0 Å². The van der Waals surface area contributed by atoms with E-state index in [-0.39, 0.29) is 0 Å². The maximum absolute atomic E-state index is 6.07. The van der Waals surface area contributed by atoms with Crippen molar-refractivity contribution >= 4 is 11.6 Å². The van der Waals surface area contributed by atoms with E-state index in [1.54, 1.807) is 0 Å². The highest BCUT2D eigenvalue weighted by Gasteiger charge is 2.09. The van der Waals surface area contributed by atoms with Crippen LogP contribution in [0.3, 0.4) is 0 Å². The lowest BCUT2D eigenvalue weighted by atomic mass is 9.93. The fraction of sp³-hybridized carbons (Fsp3) is 0.600. The summed E-state index contributed by atoms with van der Waals surface area (Å²) in [6.45, 7) is 4.39. The largest absolute Gasteiger partial charge is 0.126 e. The van der Waals surface area contributed by atoms with Crippen molar-refractivity contribution in [3.8, 4) is 0 Å². The number of alkyl halides is 1. The SMILES string of the molecule is CCCCCCC(CCl)c1cccc(C)c1. The second kappa shape index (κ2) is 7.73. The van der Waals surface area contributed by atoms with E-state index in [0.29, 0.717) is 5.92 Å². The molecule has 0 radical (unpaired) electrons. The summed E-state index contributed by atoms with van der Waals surface area (Å²) in [5.74, 6) is 1.29. The molecular weight excluding hydrogens is 216 g/mol. The highest BCUT2D eigenvalue weighted by molar-refractivity contribution is 6.18. The van der Waals surface area contributed by atoms with Gasteiger partial charge in [-0.05, 0) is 24.8 Å².